The molecule has 10 nitrogen and oxygen atoms in total. The predicted molar refractivity (Wildman–Crippen MR) is 100 cm³/mol. The second-order valence-electron chi connectivity index (χ2n) is 5.91. The molecule has 0 aromatic heterocycles. The van der Waals surface area contributed by atoms with Gasteiger partial charge in [-0.15, -0.1) is 0 Å². The minimum Gasteiger partial charge on any atom is -0.387 e. The number of aliphatic hydroxyl groups excluding tert-OH is 2. The molecule has 0 aliphatic carbocycles. The van der Waals surface area contributed by atoms with Crippen molar-refractivity contribution in [1.82, 2.24) is 20.9 Å². The molecule has 154 valence electrons. The largest absolute Gasteiger partial charge is 0.387 e. The molecule has 1 rings (SSSR count). The lowest BCUT2D eigenvalue weighted by atomic mass is 10.1. The van der Waals surface area contributed by atoms with Crippen molar-refractivity contribution in [3.63, 3.8) is 0 Å². The SMILES string of the molecule is CC(=O)NCc1ccc(C(=O)N(CCNC(=O)CO)CCNC(=O)CO)cc1. The van der Waals surface area contributed by atoms with Gasteiger partial charge in [0.15, 0.2) is 0 Å². The number of nitrogens with zero attached hydrogens (tertiary/aromatic N) is 1. The summed E-state index contributed by atoms with van der Waals surface area (Å²) in [5.41, 5.74) is 1.25. The van der Waals surface area contributed by atoms with Crippen LogP contribution in [0, 0.1) is 0 Å². The summed E-state index contributed by atoms with van der Waals surface area (Å²) in [7, 11) is 0. The van der Waals surface area contributed by atoms with Crippen LogP contribution in [-0.4, -0.2) is 78.1 Å². The lowest BCUT2D eigenvalue weighted by Crippen LogP contribution is -2.43. The van der Waals surface area contributed by atoms with E-state index in [1.165, 1.54) is 11.8 Å². The van der Waals surface area contributed by atoms with Crippen LogP contribution >= 0.6 is 0 Å². The van der Waals surface area contributed by atoms with Crippen LogP contribution in [0.5, 0.6) is 0 Å². The van der Waals surface area contributed by atoms with Crippen LogP contribution in [0.2, 0.25) is 0 Å². The molecule has 5 N–H and O–H groups in total. The van der Waals surface area contributed by atoms with Crippen molar-refractivity contribution >= 4 is 23.6 Å². The molecule has 0 fully saturated rings. The molecule has 10 heteroatoms. The van der Waals surface area contributed by atoms with Crippen molar-refractivity contribution in [2.24, 2.45) is 0 Å². The summed E-state index contributed by atoms with van der Waals surface area (Å²) in [5.74, 6) is -1.56. The molecule has 0 saturated heterocycles. The van der Waals surface area contributed by atoms with Gasteiger partial charge in [0.25, 0.3) is 5.91 Å². The van der Waals surface area contributed by atoms with Crippen molar-refractivity contribution in [2.75, 3.05) is 39.4 Å². The minimum absolute atomic E-state index is 0.139. The first-order chi connectivity index (χ1) is 13.4. The highest BCUT2D eigenvalue weighted by atomic mass is 16.3. The Labute approximate surface area is 162 Å². The maximum atomic E-state index is 12.7. The molecular weight excluding hydrogens is 368 g/mol. The van der Waals surface area contributed by atoms with Crippen molar-refractivity contribution < 1.29 is 29.4 Å². The van der Waals surface area contributed by atoms with Gasteiger partial charge in [-0.3, -0.25) is 19.2 Å². The molecule has 1 aromatic rings. The predicted octanol–water partition coefficient (Wildman–Crippen LogP) is -2.02. The van der Waals surface area contributed by atoms with Gasteiger partial charge >= 0.3 is 0 Å². The van der Waals surface area contributed by atoms with E-state index in [1.54, 1.807) is 24.3 Å². The molecule has 0 heterocycles. The molecule has 0 saturated carbocycles. The molecular formula is C18H26N4O6. The average molecular weight is 394 g/mol. The normalized spacial score (nSPS) is 10.1. The summed E-state index contributed by atoms with van der Waals surface area (Å²) in [5, 5.41) is 25.1. The van der Waals surface area contributed by atoms with Gasteiger partial charge in [0.05, 0.1) is 0 Å². The van der Waals surface area contributed by atoms with Crippen LogP contribution in [-0.2, 0) is 20.9 Å². The molecule has 4 amide bonds. The Kier molecular flexibility index (Phi) is 10.2. The highest BCUT2D eigenvalue weighted by Gasteiger charge is 2.16. The maximum absolute atomic E-state index is 12.7. The minimum atomic E-state index is -0.643. The summed E-state index contributed by atoms with van der Waals surface area (Å²) < 4.78 is 0. The van der Waals surface area contributed by atoms with Gasteiger partial charge in [-0.2, -0.15) is 0 Å². The van der Waals surface area contributed by atoms with E-state index in [2.05, 4.69) is 16.0 Å². The number of nitrogens with one attached hydrogen (secondary N) is 3. The third-order valence-electron chi connectivity index (χ3n) is 3.72. The first-order valence-corrected chi connectivity index (χ1v) is 8.75. The quantitative estimate of drug-likeness (QED) is 0.293. The lowest BCUT2D eigenvalue weighted by Gasteiger charge is -2.23. The summed E-state index contributed by atoms with van der Waals surface area (Å²) in [4.78, 5) is 47.4. The Hall–Kier alpha value is -2.98. The molecule has 1 aromatic carbocycles. The average Bonchev–Trinajstić information content (AvgIpc) is 2.70. The number of rotatable bonds is 11. The van der Waals surface area contributed by atoms with Crippen molar-refractivity contribution in [2.45, 2.75) is 13.5 Å². The molecule has 0 aliphatic heterocycles. The van der Waals surface area contributed by atoms with E-state index in [0.717, 1.165) is 5.56 Å². The third-order valence-corrected chi connectivity index (χ3v) is 3.72. The number of aliphatic hydroxyl groups is 2. The highest BCUT2D eigenvalue weighted by molar-refractivity contribution is 5.94. The molecule has 0 atom stereocenters. The Morgan fingerprint density at radius 1 is 0.857 bits per heavy atom. The van der Waals surface area contributed by atoms with Crippen LogP contribution < -0.4 is 16.0 Å². The van der Waals surface area contributed by atoms with Crippen LogP contribution in [0.25, 0.3) is 0 Å². The van der Waals surface area contributed by atoms with Gasteiger partial charge in [-0.25, -0.2) is 0 Å². The zero-order valence-electron chi connectivity index (χ0n) is 15.7. The number of benzene rings is 1. The Morgan fingerprint density at radius 3 is 1.79 bits per heavy atom. The fourth-order valence-corrected chi connectivity index (χ4v) is 2.26. The van der Waals surface area contributed by atoms with Crippen molar-refractivity contribution in [1.29, 1.82) is 0 Å². The number of hydrogen-bond donors (Lipinski definition) is 5. The van der Waals surface area contributed by atoms with E-state index >= 15 is 0 Å². The van der Waals surface area contributed by atoms with E-state index < -0.39 is 25.0 Å². The zero-order valence-corrected chi connectivity index (χ0v) is 15.7. The second kappa shape index (κ2) is 12.4. The Morgan fingerprint density at radius 2 is 1.36 bits per heavy atom. The van der Waals surface area contributed by atoms with Gasteiger partial charge in [0.1, 0.15) is 13.2 Å². The van der Waals surface area contributed by atoms with Crippen LogP contribution in [0.1, 0.15) is 22.8 Å². The van der Waals surface area contributed by atoms with Crippen molar-refractivity contribution in [3.8, 4) is 0 Å². The first kappa shape index (κ1) is 23.1. The summed E-state index contributed by atoms with van der Waals surface area (Å²) in [6.45, 7) is 1.11. The smallest absolute Gasteiger partial charge is 0.253 e. The molecule has 28 heavy (non-hydrogen) atoms. The molecule has 0 unspecified atom stereocenters. The Balaban J connectivity index is 2.73. The fourth-order valence-electron chi connectivity index (χ4n) is 2.26. The molecule has 0 bridgehead atoms. The van der Waals surface area contributed by atoms with E-state index in [0.29, 0.717) is 12.1 Å². The topological polar surface area (TPSA) is 148 Å². The van der Waals surface area contributed by atoms with Gasteiger partial charge in [-0.1, -0.05) is 12.1 Å². The van der Waals surface area contributed by atoms with Crippen LogP contribution in [0.15, 0.2) is 24.3 Å². The fraction of sp³-hybridized carbons (Fsp3) is 0.444. The van der Waals surface area contributed by atoms with E-state index in [9.17, 15) is 19.2 Å². The Bertz CT molecular complexity index is 655. The lowest BCUT2D eigenvalue weighted by molar-refractivity contribution is -0.124. The number of hydrogen-bond acceptors (Lipinski definition) is 6. The van der Waals surface area contributed by atoms with Crippen LogP contribution in [0.4, 0.5) is 0 Å². The number of carbonyl (C=O) groups excluding carboxylic acids is 4. The van der Waals surface area contributed by atoms with E-state index in [-0.39, 0.29) is 38.0 Å². The maximum Gasteiger partial charge on any atom is 0.253 e. The molecule has 0 aliphatic rings. The molecule has 0 radical (unpaired) electrons. The van der Waals surface area contributed by atoms with Gasteiger partial charge in [-0.05, 0) is 17.7 Å². The summed E-state index contributed by atoms with van der Waals surface area (Å²) in [6, 6.07) is 6.71. The monoisotopic (exact) mass is 394 g/mol. The first-order valence-electron chi connectivity index (χ1n) is 8.75. The highest BCUT2D eigenvalue weighted by Crippen LogP contribution is 2.08. The van der Waals surface area contributed by atoms with Crippen LogP contribution in [0.3, 0.4) is 0 Å². The van der Waals surface area contributed by atoms with Gasteiger partial charge in [0, 0.05) is 45.2 Å². The number of carbonyl (C=O) groups is 4. The second-order valence-corrected chi connectivity index (χ2v) is 5.91. The number of amides is 4. The zero-order chi connectivity index (χ0) is 20.9. The standard InChI is InChI=1S/C18H26N4O6/c1-13(25)21-10-14-2-4-15(5-3-14)18(28)22(8-6-19-16(26)11-23)9-7-20-17(27)12-24/h2-5,23-24H,6-12H2,1H3,(H,19,26)(H,20,27)(H,21,25). The molecule has 0 spiro atoms. The third kappa shape index (κ3) is 8.60. The van der Waals surface area contributed by atoms with E-state index in [4.69, 9.17) is 10.2 Å². The summed E-state index contributed by atoms with van der Waals surface area (Å²) >= 11 is 0. The van der Waals surface area contributed by atoms with Gasteiger partial charge in [0.2, 0.25) is 17.7 Å². The van der Waals surface area contributed by atoms with Gasteiger partial charge < -0.3 is 31.1 Å². The summed E-state index contributed by atoms with van der Waals surface area (Å²) in [6.07, 6.45) is 0. The van der Waals surface area contributed by atoms with Crippen molar-refractivity contribution in [3.05, 3.63) is 35.4 Å². The van der Waals surface area contributed by atoms with E-state index in [1.807, 2.05) is 0 Å².